The summed E-state index contributed by atoms with van der Waals surface area (Å²) in [6.45, 7) is 5.64. The Labute approximate surface area is 370 Å². The number of benzene rings is 4. The number of ether oxygens (including phenoxy) is 4. The highest BCUT2D eigenvalue weighted by atomic mass is 16.5. The Balaban J connectivity index is 0.977. The van der Waals surface area contributed by atoms with E-state index in [0.29, 0.717) is 49.9 Å². The molecular weight excluding hydrogens is 817 g/mol. The van der Waals surface area contributed by atoms with Crippen LogP contribution in [-0.2, 0) is 30.4 Å². The van der Waals surface area contributed by atoms with Crippen molar-refractivity contribution in [2.75, 3.05) is 41.0 Å². The number of hydrogen-bond donors (Lipinski definition) is 4. The van der Waals surface area contributed by atoms with Gasteiger partial charge in [-0.05, 0) is 77.1 Å². The minimum atomic E-state index is -0.954. The van der Waals surface area contributed by atoms with Crippen molar-refractivity contribution < 1.29 is 38.1 Å². The average molecular weight is 869 g/mol. The standard InChI is InChI=1S/C48H52N8O8/c1-26(2)40(53-47(59)62-4)45(57)55-17-9-12-37(55)43-49-22-36(51-43)30-13-15-32-31(19-30)25-64-39-21-33-29(20-34(32)39)14-16-35-42(33)52-44(50-35)38-18-27(24-61-3)23-56(38)46(58)41(54-48(60)63-5)28-10-7-6-8-11-28/h6-8,10-11,13-16,19-22,26-27,37-38,40-41H,9,12,17-18,23-25H2,1-5H3,(H,49,51)(H,50,52)(H,53,59)(H,54,60)/t27-,37-,38-,40?,41+/m0/s1. The molecule has 2 aromatic heterocycles. The molecule has 4 amide bonds. The zero-order valence-corrected chi connectivity index (χ0v) is 36.5. The number of likely N-dealkylation sites (tertiary alicyclic amines) is 2. The Bertz CT molecular complexity index is 2730. The highest BCUT2D eigenvalue weighted by molar-refractivity contribution is 6.07. The van der Waals surface area contributed by atoms with Gasteiger partial charge in [0.15, 0.2) is 0 Å². The van der Waals surface area contributed by atoms with Gasteiger partial charge in [0, 0.05) is 37.1 Å². The lowest BCUT2D eigenvalue weighted by Crippen LogP contribution is -2.51. The summed E-state index contributed by atoms with van der Waals surface area (Å²) in [5.41, 5.74) is 7.11. The van der Waals surface area contributed by atoms with Gasteiger partial charge in [0.25, 0.3) is 5.91 Å². The molecule has 332 valence electrons. The molecule has 1 unspecified atom stereocenters. The van der Waals surface area contributed by atoms with Crippen LogP contribution in [0.4, 0.5) is 9.59 Å². The third kappa shape index (κ3) is 7.97. The molecule has 6 aromatic rings. The van der Waals surface area contributed by atoms with E-state index >= 15 is 0 Å². The molecule has 0 radical (unpaired) electrons. The number of hydrogen-bond acceptors (Lipinski definition) is 10. The number of carbonyl (C=O) groups is 4. The van der Waals surface area contributed by atoms with Crippen molar-refractivity contribution in [3.8, 4) is 28.1 Å². The van der Waals surface area contributed by atoms with Crippen molar-refractivity contribution in [2.45, 2.75) is 63.9 Å². The van der Waals surface area contributed by atoms with Gasteiger partial charge in [0.2, 0.25) is 5.91 Å². The van der Waals surface area contributed by atoms with E-state index < -0.39 is 30.3 Å². The van der Waals surface area contributed by atoms with Crippen molar-refractivity contribution in [2.24, 2.45) is 11.8 Å². The second kappa shape index (κ2) is 17.7. The molecule has 9 rings (SSSR count). The highest BCUT2D eigenvalue weighted by Gasteiger charge is 2.42. The number of nitrogens with zero attached hydrogens (tertiary/aromatic N) is 4. The van der Waals surface area contributed by atoms with E-state index in [2.05, 4.69) is 57.0 Å². The first-order valence-corrected chi connectivity index (χ1v) is 21.7. The Morgan fingerprint density at radius 3 is 2.42 bits per heavy atom. The Kier molecular flexibility index (Phi) is 11.7. The largest absolute Gasteiger partial charge is 0.488 e. The van der Waals surface area contributed by atoms with E-state index in [1.165, 1.54) is 14.2 Å². The fourth-order valence-electron chi connectivity index (χ4n) is 9.54. The first-order chi connectivity index (χ1) is 31.0. The summed E-state index contributed by atoms with van der Waals surface area (Å²) >= 11 is 0. The predicted molar refractivity (Wildman–Crippen MR) is 238 cm³/mol. The molecule has 4 N–H and O–H groups in total. The smallest absolute Gasteiger partial charge is 0.407 e. The van der Waals surface area contributed by atoms with Crippen LogP contribution >= 0.6 is 0 Å². The summed E-state index contributed by atoms with van der Waals surface area (Å²) in [5, 5.41) is 7.40. The van der Waals surface area contributed by atoms with E-state index in [1.54, 1.807) is 23.1 Å². The third-order valence-electron chi connectivity index (χ3n) is 12.7. The minimum Gasteiger partial charge on any atom is -0.488 e. The molecule has 64 heavy (non-hydrogen) atoms. The van der Waals surface area contributed by atoms with E-state index in [9.17, 15) is 19.2 Å². The van der Waals surface area contributed by atoms with Crippen molar-refractivity contribution in [1.29, 1.82) is 0 Å². The molecule has 5 atom stereocenters. The average Bonchev–Trinajstić information content (AvgIpc) is 4.15. The van der Waals surface area contributed by atoms with Gasteiger partial charge in [-0.3, -0.25) is 9.59 Å². The number of amides is 4. The maximum atomic E-state index is 14.4. The summed E-state index contributed by atoms with van der Waals surface area (Å²) in [7, 11) is 4.22. The molecule has 16 nitrogen and oxygen atoms in total. The minimum absolute atomic E-state index is 0.0592. The molecule has 3 aliphatic heterocycles. The maximum Gasteiger partial charge on any atom is 0.407 e. The number of nitrogens with one attached hydrogen (secondary N) is 4. The Hall–Kier alpha value is -6.94. The van der Waals surface area contributed by atoms with Gasteiger partial charge in [0.1, 0.15) is 36.1 Å². The Morgan fingerprint density at radius 2 is 1.66 bits per heavy atom. The number of H-pyrrole nitrogens is 2. The van der Waals surface area contributed by atoms with Crippen LogP contribution in [-0.4, -0.2) is 101 Å². The first-order valence-electron chi connectivity index (χ1n) is 21.7. The quantitative estimate of drug-likeness (QED) is 0.102. The number of imidazole rings is 2. The molecule has 4 aromatic carbocycles. The summed E-state index contributed by atoms with van der Waals surface area (Å²) in [6.07, 6.45) is 2.69. The van der Waals surface area contributed by atoms with E-state index in [0.717, 1.165) is 68.3 Å². The van der Waals surface area contributed by atoms with Gasteiger partial charge < -0.3 is 49.3 Å². The van der Waals surface area contributed by atoms with Gasteiger partial charge >= 0.3 is 12.2 Å². The van der Waals surface area contributed by atoms with Gasteiger partial charge in [-0.15, -0.1) is 0 Å². The number of alkyl carbamates (subject to hydrolysis) is 2. The zero-order valence-electron chi connectivity index (χ0n) is 36.5. The van der Waals surface area contributed by atoms with Crippen molar-refractivity contribution in [3.63, 3.8) is 0 Å². The lowest BCUT2D eigenvalue weighted by molar-refractivity contribution is -0.136. The van der Waals surface area contributed by atoms with Crippen LogP contribution in [0.5, 0.6) is 5.75 Å². The molecular formula is C48H52N8O8. The predicted octanol–water partition coefficient (Wildman–Crippen LogP) is 7.34. The summed E-state index contributed by atoms with van der Waals surface area (Å²) in [6, 6.07) is 21.4. The van der Waals surface area contributed by atoms with Gasteiger partial charge in [-0.25, -0.2) is 19.6 Å². The fraction of sp³-hybridized carbons (Fsp3) is 0.375. The second-order valence-corrected chi connectivity index (χ2v) is 17.1. The lowest BCUT2D eigenvalue weighted by Gasteiger charge is -2.30. The number of aromatic amines is 2. The van der Waals surface area contributed by atoms with Crippen LogP contribution in [0.1, 0.15) is 74.0 Å². The zero-order chi connectivity index (χ0) is 44.6. The highest BCUT2D eigenvalue weighted by Crippen LogP contribution is 2.44. The SMILES string of the molecule is COC[C@H]1C[C@@H](c2nc3ccc4cc5c(cc4c3[nH]2)OCc2cc(-c3cnc([C@@H]4CCCN4C(=O)C(NC(=O)OC)C(C)C)[nH]3)ccc2-5)N(C(=O)[C@H](NC(=O)OC)c2ccccc2)C1. The maximum absolute atomic E-state index is 14.4. The van der Waals surface area contributed by atoms with Crippen molar-refractivity contribution in [1.82, 2.24) is 40.4 Å². The molecule has 2 saturated heterocycles. The lowest BCUT2D eigenvalue weighted by atomic mass is 9.92. The Morgan fingerprint density at radius 1 is 0.859 bits per heavy atom. The van der Waals surface area contributed by atoms with E-state index in [-0.39, 0.29) is 29.7 Å². The number of fused-ring (bicyclic) bond motifs is 6. The van der Waals surface area contributed by atoms with Crippen LogP contribution < -0.4 is 15.4 Å². The number of methoxy groups -OCH3 is 3. The molecule has 2 fully saturated rings. The second-order valence-electron chi connectivity index (χ2n) is 17.1. The van der Waals surface area contributed by atoms with Crippen LogP contribution in [0, 0.1) is 11.8 Å². The van der Waals surface area contributed by atoms with E-state index in [1.807, 2.05) is 50.2 Å². The third-order valence-corrected chi connectivity index (χ3v) is 12.7. The molecule has 0 saturated carbocycles. The summed E-state index contributed by atoms with van der Waals surface area (Å²) < 4.78 is 21.7. The molecule has 16 heteroatoms. The van der Waals surface area contributed by atoms with Gasteiger partial charge in [-0.2, -0.15) is 0 Å². The normalized spacial score (nSPS) is 18.9. The summed E-state index contributed by atoms with van der Waals surface area (Å²) in [4.78, 5) is 73.1. The summed E-state index contributed by atoms with van der Waals surface area (Å²) in [5.74, 6) is 1.63. The molecule has 5 heterocycles. The number of aromatic nitrogens is 4. The van der Waals surface area contributed by atoms with Crippen molar-refractivity contribution in [3.05, 3.63) is 102 Å². The van der Waals surface area contributed by atoms with E-state index in [4.69, 9.17) is 28.9 Å². The van der Waals surface area contributed by atoms with Crippen molar-refractivity contribution >= 4 is 45.8 Å². The molecule has 3 aliphatic rings. The van der Waals surface area contributed by atoms with Crippen LogP contribution in [0.3, 0.4) is 0 Å². The van der Waals surface area contributed by atoms with Gasteiger partial charge in [-0.1, -0.05) is 62.4 Å². The topological polar surface area (TPSA) is 193 Å². The molecule has 0 bridgehead atoms. The molecule has 0 aliphatic carbocycles. The fourth-order valence-corrected chi connectivity index (χ4v) is 9.54. The van der Waals surface area contributed by atoms with Crippen LogP contribution in [0.15, 0.2) is 79.0 Å². The van der Waals surface area contributed by atoms with Gasteiger partial charge in [0.05, 0.1) is 55.8 Å². The number of carbonyl (C=O) groups excluding carboxylic acids is 4. The van der Waals surface area contributed by atoms with Crippen LogP contribution in [0.2, 0.25) is 0 Å². The number of rotatable bonds is 11. The monoisotopic (exact) mass is 868 g/mol. The molecule has 0 spiro atoms. The first kappa shape index (κ1) is 42.4. The van der Waals surface area contributed by atoms with Crippen LogP contribution in [0.25, 0.3) is 44.2 Å².